The standard InChI is InChI=1S/C43H56N4O9/c1-44(25-35(29-51-3)37-23-42(37)15-19-46(20-16-42)39(48)53-27-33-11-7-5-8-12-33)31-55-41(50)56-32-45(2)26-36(30-52-4)38-24-43(38)17-21-47(22-18-43)40(49)54-28-34-13-9-6-10-14-34/h5-14,25-26,29-30,37-38H,15-24,27-28,31-32H2,1-4H3/q+2/t37-,38-/m0/s1. The molecule has 2 saturated heterocycles. The van der Waals surface area contributed by atoms with E-state index in [1.54, 1.807) is 45.7 Å². The Morgan fingerprint density at radius 2 is 1.00 bits per heavy atom. The maximum Gasteiger partial charge on any atom is 0.518 e. The molecule has 4 fully saturated rings. The van der Waals surface area contributed by atoms with Crippen molar-refractivity contribution in [2.24, 2.45) is 22.7 Å². The topological polar surface area (TPSA) is 119 Å². The molecular formula is C43H56N4O9+2. The van der Waals surface area contributed by atoms with Gasteiger partial charge < -0.3 is 38.2 Å². The Labute approximate surface area is 329 Å². The van der Waals surface area contributed by atoms with Gasteiger partial charge in [-0.3, -0.25) is 0 Å². The summed E-state index contributed by atoms with van der Waals surface area (Å²) in [7, 11) is 6.92. The Kier molecular flexibility index (Phi) is 13.4. The summed E-state index contributed by atoms with van der Waals surface area (Å²) in [6, 6.07) is 19.4. The van der Waals surface area contributed by atoms with Crippen LogP contribution in [-0.4, -0.2) is 118 Å². The van der Waals surface area contributed by atoms with Crippen LogP contribution in [0.4, 0.5) is 14.4 Å². The monoisotopic (exact) mass is 772 g/mol. The zero-order chi connectivity index (χ0) is 39.5. The van der Waals surface area contributed by atoms with Crippen molar-refractivity contribution in [3.05, 3.63) is 95.5 Å². The summed E-state index contributed by atoms with van der Waals surface area (Å²) < 4.78 is 36.4. The number of allylic oxidation sites excluding steroid dienone is 2. The highest BCUT2D eigenvalue weighted by molar-refractivity contribution is 5.77. The van der Waals surface area contributed by atoms with Gasteiger partial charge in [-0.05, 0) is 72.3 Å². The third-order valence-electron chi connectivity index (χ3n) is 11.6. The van der Waals surface area contributed by atoms with Gasteiger partial charge in [-0.2, -0.15) is 0 Å². The number of hydrogen-bond acceptors (Lipinski definition) is 9. The molecular weight excluding hydrogens is 716 g/mol. The molecule has 2 aliphatic heterocycles. The van der Waals surface area contributed by atoms with Crippen molar-refractivity contribution < 1.29 is 52.0 Å². The molecule has 13 heteroatoms. The molecule has 0 bridgehead atoms. The smallest absolute Gasteiger partial charge is 0.504 e. The van der Waals surface area contributed by atoms with Gasteiger partial charge in [-0.25, -0.2) is 23.5 Å². The fourth-order valence-electron chi connectivity index (χ4n) is 8.25. The molecule has 300 valence electrons. The van der Waals surface area contributed by atoms with Crippen molar-refractivity contribution in [1.29, 1.82) is 0 Å². The fraction of sp³-hybridized carbons (Fsp3) is 0.512. The molecule has 2 atom stereocenters. The molecule has 0 radical (unpaired) electrons. The van der Waals surface area contributed by atoms with Crippen LogP contribution in [0.5, 0.6) is 0 Å². The summed E-state index contributed by atoms with van der Waals surface area (Å²) in [5.74, 6) is 0.579. The predicted octanol–water partition coefficient (Wildman–Crippen LogP) is 6.42. The maximum absolute atomic E-state index is 12.7. The van der Waals surface area contributed by atoms with E-state index < -0.39 is 6.16 Å². The van der Waals surface area contributed by atoms with Crippen LogP contribution >= 0.6 is 0 Å². The van der Waals surface area contributed by atoms with Crippen LogP contribution in [0.1, 0.15) is 49.7 Å². The van der Waals surface area contributed by atoms with Crippen molar-refractivity contribution >= 4 is 30.8 Å². The van der Waals surface area contributed by atoms with Crippen molar-refractivity contribution in [3.8, 4) is 0 Å². The average Bonchev–Trinajstić information content (AvgIpc) is 4.12. The Hall–Kier alpha value is -5.33. The molecule has 13 nitrogen and oxygen atoms in total. The van der Waals surface area contributed by atoms with E-state index in [0.29, 0.717) is 26.2 Å². The summed E-state index contributed by atoms with van der Waals surface area (Å²) in [6.45, 7) is 3.15. The van der Waals surface area contributed by atoms with E-state index in [2.05, 4.69) is 0 Å². The van der Waals surface area contributed by atoms with E-state index >= 15 is 0 Å². The minimum absolute atomic E-state index is 0.00427. The third kappa shape index (κ3) is 10.5. The molecule has 2 amide bonds. The first-order valence-corrected chi connectivity index (χ1v) is 19.4. The second-order valence-corrected chi connectivity index (χ2v) is 15.6. The van der Waals surface area contributed by atoms with E-state index in [9.17, 15) is 14.4 Å². The SMILES string of the molecule is COC=C(C=[N+](C)COC(=O)OC[N+](C)=CC(=COC)[C@@H]1CC12CCN(C(=O)OCc1ccccc1)CC2)[C@@H]1CC12CCN(C(=O)OCc1ccccc1)CC2. The molecule has 2 heterocycles. The van der Waals surface area contributed by atoms with Gasteiger partial charge >= 0.3 is 18.3 Å². The largest absolute Gasteiger partial charge is 0.518 e. The van der Waals surface area contributed by atoms with Gasteiger partial charge in [-0.15, -0.1) is 0 Å². The van der Waals surface area contributed by atoms with E-state index in [0.717, 1.165) is 60.8 Å². The van der Waals surface area contributed by atoms with E-state index in [-0.39, 0.29) is 61.5 Å². The zero-order valence-corrected chi connectivity index (χ0v) is 33.1. The lowest BCUT2D eigenvalue weighted by molar-refractivity contribution is -0.541. The normalized spacial score (nSPS) is 21.6. The first-order chi connectivity index (χ1) is 27.1. The third-order valence-corrected chi connectivity index (χ3v) is 11.6. The molecule has 56 heavy (non-hydrogen) atoms. The molecule has 2 aliphatic carbocycles. The first-order valence-electron chi connectivity index (χ1n) is 19.4. The first kappa shape index (κ1) is 40.3. The Balaban J connectivity index is 0.906. The molecule has 2 aromatic carbocycles. The highest BCUT2D eigenvalue weighted by Crippen LogP contribution is 2.63. The Morgan fingerprint density at radius 3 is 1.36 bits per heavy atom. The summed E-state index contributed by atoms with van der Waals surface area (Å²) in [6.07, 6.45) is 11.6. The summed E-state index contributed by atoms with van der Waals surface area (Å²) >= 11 is 0. The number of methoxy groups -OCH3 is 2. The van der Waals surface area contributed by atoms with Gasteiger partial charge in [0.1, 0.15) is 27.3 Å². The molecule has 4 aliphatic rings. The Bertz CT molecular complexity index is 1660. The van der Waals surface area contributed by atoms with Crippen molar-refractivity contribution in [1.82, 2.24) is 9.80 Å². The van der Waals surface area contributed by atoms with Crippen LogP contribution in [0.2, 0.25) is 0 Å². The maximum atomic E-state index is 12.7. The average molecular weight is 773 g/mol. The number of benzene rings is 2. The second kappa shape index (κ2) is 18.5. The summed E-state index contributed by atoms with van der Waals surface area (Å²) in [5.41, 5.74) is 4.20. The van der Waals surface area contributed by atoms with Crippen molar-refractivity contribution in [2.45, 2.75) is 51.7 Å². The minimum Gasteiger partial charge on any atom is -0.504 e. The number of piperidine rings is 2. The fourth-order valence-corrected chi connectivity index (χ4v) is 8.25. The number of carbonyl (C=O) groups is 3. The van der Waals surface area contributed by atoms with Gasteiger partial charge in [-0.1, -0.05) is 60.7 Å². The molecule has 0 N–H and O–H groups in total. The number of likely N-dealkylation sites (tertiary alicyclic amines) is 2. The molecule has 2 spiro atoms. The quantitative estimate of drug-likeness (QED) is 0.0536. The van der Waals surface area contributed by atoms with Gasteiger partial charge in [0.2, 0.25) is 0 Å². The van der Waals surface area contributed by atoms with Gasteiger partial charge in [0.05, 0.1) is 37.9 Å². The number of amides is 2. The lowest BCUT2D eigenvalue weighted by atomic mass is 9.89. The van der Waals surface area contributed by atoms with Gasteiger partial charge in [0.15, 0.2) is 12.4 Å². The van der Waals surface area contributed by atoms with Crippen LogP contribution in [0.3, 0.4) is 0 Å². The highest BCUT2D eigenvalue weighted by atomic mass is 16.7. The van der Waals surface area contributed by atoms with Crippen molar-refractivity contribution in [2.75, 3.05) is 68.0 Å². The van der Waals surface area contributed by atoms with Gasteiger partial charge in [0.25, 0.3) is 13.5 Å². The summed E-state index contributed by atoms with van der Waals surface area (Å²) in [5, 5.41) is 0. The number of nitrogens with zero attached hydrogens (tertiary/aromatic N) is 4. The minimum atomic E-state index is -0.774. The van der Waals surface area contributed by atoms with E-state index in [4.69, 9.17) is 28.4 Å². The second-order valence-electron chi connectivity index (χ2n) is 15.6. The van der Waals surface area contributed by atoms with Crippen LogP contribution in [-0.2, 0) is 41.6 Å². The van der Waals surface area contributed by atoms with Crippen LogP contribution in [0, 0.1) is 22.7 Å². The summed E-state index contributed by atoms with van der Waals surface area (Å²) in [4.78, 5) is 41.6. The lowest BCUT2D eigenvalue weighted by Gasteiger charge is -2.32. The lowest BCUT2D eigenvalue weighted by Crippen LogP contribution is -2.40. The van der Waals surface area contributed by atoms with E-state index in [1.165, 1.54) is 0 Å². The van der Waals surface area contributed by atoms with Gasteiger partial charge in [0, 0.05) is 26.2 Å². The number of hydrogen-bond donors (Lipinski definition) is 0. The Morgan fingerprint density at radius 1 is 0.625 bits per heavy atom. The predicted molar refractivity (Wildman–Crippen MR) is 208 cm³/mol. The molecule has 0 aromatic heterocycles. The number of ether oxygens (including phenoxy) is 6. The molecule has 2 saturated carbocycles. The molecule has 2 aromatic rings. The number of rotatable bonds is 14. The zero-order valence-electron chi connectivity index (χ0n) is 33.1. The van der Waals surface area contributed by atoms with Crippen LogP contribution < -0.4 is 0 Å². The van der Waals surface area contributed by atoms with Crippen LogP contribution in [0.25, 0.3) is 0 Å². The highest BCUT2D eigenvalue weighted by Gasteiger charge is 2.58. The number of carbonyl (C=O) groups excluding carboxylic acids is 3. The van der Waals surface area contributed by atoms with Crippen LogP contribution in [0.15, 0.2) is 84.3 Å². The molecule has 0 unspecified atom stereocenters. The van der Waals surface area contributed by atoms with Crippen molar-refractivity contribution in [3.63, 3.8) is 0 Å². The molecule has 6 rings (SSSR count). The van der Waals surface area contributed by atoms with E-state index in [1.807, 2.05) is 87.2 Å².